The molecule has 0 spiro atoms. The second kappa shape index (κ2) is 5.16. The van der Waals surface area contributed by atoms with E-state index < -0.39 is 0 Å². The van der Waals surface area contributed by atoms with Crippen LogP contribution in [0.2, 0.25) is 0 Å². The Kier molecular flexibility index (Phi) is 3.33. The topological polar surface area (TPSA) is 60.7 Å². The summed E-state index contributed by atoms with van der Waals surface area (Å²) < 4.78 is 16.0. The number of fused-ring (bicyclic) bond motifs is 1. The van der Waals surface area contributed by atoms with E-state index >= 15 is 0 Å². The maximum atomic E-state index is 12.3. The zero-order chi connectivity index (χ0) is 15.0. The molecule has 1 aromatic carbocycles. The van der Waals surface area contributed by atoms with Crippen LogP contribution in [0.4, 0.5) is 0 Å². The van der Waals surface area contributed by atoms with Crippen molar-refractivity contribution in [2.75, 3.05) is 6.79 Å². The fourth-order valence-corrected chi connectivity index (χ4v) is 2.40. The second-order valence-corrected chi connectivity index (χ2v) is 5.13. The molecule has 0 saturated heterocycles. The highest BCUT2D eigenvalue weighted by Crippen LogP contribution is 2.34. The van der Waals surface area contributed by atoms with Crippen molar-refractivity contribution in [3.05, 3.63) is 46.9 Å². The van der Waals surface area contributed by atoms with E-state index in [4.69, 9.17) is 13.9 Å². The van der Waals surface area contributed by atoms with E-state index in [9.17, 15) is 4.79 Å². The molecule has 1 aromatic heterocycles. The van der Waals surface area contributed by atoms with E-state index in [1.165, 1.54) is 0 Å². The normalized spacial score (nSPS) is 14.0. The molecule has 0 bridgehead atoms. The standard InChI is InChI=1S/C16H17NO4/c1-9-6-13(11(3)21-9)16(18)17-10(2)12-4-5-14-15(7-12)20-8-19-14/h4-7,10H,8H2,1-3H3,(H,17,18). The molecule has 1 N–H and O–H groups in total. The first-order valence-electron chi connectivity index (χ1n) is 6.82. The van der Waals surface area contributed by atoms with Crippen molar-refractivity contribution in [1.29, 1.82) is 0 Å². The van der Waals surface area contributed by atoms with E-state index in [1.54, 1.807) is 13.0 Å². The first-order chi connectivity index (χ1) is 10.0. The SMILES string of the molecule is Cc1cc(C(=O)NC(C)c2ccc3c(c2)OCO3)c(C)o1. The summed E-state index contributed by atoms with van der Waals surface area (Å²) in [7, 11) is 0. The predicted octanol–water partition coefficient (Wildman–Crippen LogP) is 3.12. The van der Waals surface area contributed by atoms with Gasteiger partial charge in [-0.15, -0.1) is 0 Å². The first-order valence-corrected chi connectivity index (χ1v) is 6.82. The molecule has 21 heavy (non-hydrogen) atoms. The van der Waals surface area contributed by atoms with Crippen LogP contribution in [0.1, 0.15) is 40.4 Å². The third-order valence-electron chi connectivity index (χ3n) is 3.53. The van der Waals surface area contributed by atoms with Gasteiger partial charge in [0.1, 0.15) is 11.5 Å². The fraction of sp³-hybridized carbons (Fsp3) is 0.312. The molecule has 1 aliphatic rings. The van der Waals surface area contributed by atoms with E-state index in [0.717, 1.165) is 17.1 Å². The van der Waals surface area contributed by atoms with Crippen molar-refractivity contribution in [2.24, 2.45) is 0 Å². The average Bonchev–Trinajstić information content (AvgIpc) is 3.03. The van der Waals surface area contributed by atoms with Gasteiger partial charge in [0.25, 0.3) is 5.91 Å². The van der Waals surface area contributed by atoms with Crippen LogP contribution in [0.5, 0.6) is 11.5 Å². The summed E-state index contributed by atoms with van der Waals surface area (Å²) in [6, 6.07) is 7.28. The van der Waals surface area contributed by atoms with Crippen LogP contribution in [0, 0.1) is 13.8 Å². The van der Waals surface area contributed by atoms with Crippen molar-refractivity contribution >= 4 is 5.91 Å². The summed E-state index contributed by atoms with van der Waals surface area (Å²) in [5, 5.41) is 2.96. The monoisotopic (exact) mass is 287 g/mol. The quantitative estimate of drug-likeness (QED) is 0.942. The smallest absolute Gasteiger partial charge is 0.255 e. The molecule has 3 rings (SSSR count). The van der Waals surface area contributed by atoms with Crippen molar-refractivity contribution in [2.45, 2.75) is 26.8 Å². The number of hydrogen-bond donors (Lipinski definition) is 1. The van der Waals surface area contributed by atoms with Gasteiger partial charge in [0.2, 0.25) is 6.79 Å². The van der Waals surface area contributed by atoms with Crippen LogP contribution in [-0.2, 0) is 0 Å². The minimum absolute atomic E-state index is 0.137. The summed E-state index contributed by atoms with van der Waals surface area (Å²) in [5.41, 5.74) is 1.53. The maximum Gasteiger partial charge on any atom is 0.255 e. The van der Waals surface area contributed by atoms with Gasteiger partial charge in [-0.1, -0.05) is 6.07 Å². The van der Waals surface area contributed by atoms with Crippen LogP contribution in [0.25, 0.3) is 0 Å². The molecule has 5 heteroatoms. The summed E-state index contributed by atoms with van der Waals surface area (Å²) in [4.78, 5) is 12.3. The number of rotatable bonds is 3. The van der Waals surface area contributed by atoms with E-state index in [0.29, 0.717) is 17.1 Å². The highest BCUT2D eigenvalue weighted by molar-refractivity contribution is 5.95. The number of hydrogen-bond acceptors (Lipinski definition) is 4. The predicted molar refractivity (Wildman–Crippen MR) is 76.6 cm³/mol. The van der Waals surface area contributed by atoms with Gasteiger partial charge in [-0.2, -0.15) is 0 Å². The van der Waals surface area contributed by atoms with Gasteiger partial charge in [-0.3, -0.25) is 4.79 Å². The zero-order valence-corrected chi connectivity index (χ0v) is 12.2. The molecular formula is C16H17NO4. The maximum absolute atomic E-state index is 12.3. The van der Waals surface area contributed by atoms with Gasteiger partial charge in [0.05, 0.1) is 11.6 Å². The lowest BCUT2D eigenvalue weighted by atomic mass is 10.1. The number of nitrogens with one attached hydrogen (secondary N) is 1. The van der Waals surface area contributed by atoms with Crippen molar-refractivity contribution in [3.63, 3.8) is 0 Å². The fourth-order valence-electron chi connectivity index (χ4n) is 2.40. The van der Waals surface area contributed by atoms with Crippen LogP contribution < -0.4 is 14.8 Å². The van der Waals surface area contributed by atoms with Crippen molar-refractivity contribution in [1.82, 2.24) is 5.32 Å². The largest absolute Gasteiger partial charge is 0.466 e. The molecular weight excluding hydrogens is 270 g/mol. The molecule has 0 radical (unpaired) electrons. The van der Waals surface area contributed by atoms with E-state index in [-0.39, 0.29) is 18.7 Å². The highest BCUT2D eigenvalue weighted by atomic mass is 16.7. The Balaban J connectivity index is 1.75. The van der Waals surface area contributed by atoms with Crippen LogP contribution in [-0.4, -0.2) is 12.7 Å². The lowest BCUT2D eigenvalue weighted by molar-refractivity contribution is 0.0938. The molecule has 0 saturated carbocycles. The zero-order valence-electron chi connectivity index (χ0n) is 12.2. The van der Waals surface area contributed by atoms with Crippen molar-refractivity contribution in [3.8, 4) is 11.5 Å². The number of ether oxygens (including phenoxy) is 2. The molecule has 5 nitrogen and oxygen atoms in total. The number of carbonyl (C=O) groups excluding carboxylic acids is 1. The molecule has 0 fully saturated rings. The van der Waals surface area contributed by atoms with Crippen LogP contribution in [0.15, 0.2) is 28.7 Å². The Morgan fingerprint density at radius 3 is 2.67 bits per heavy atom. The first kappa shape index (κ1) is 13.5. The van der Waals surface area contributed by atoms with Crippen LogP contribution >= 0.6 is 0 Å². The van der Waals surface area contributed by atoms with Crippen LogP contribution in [0.3, 0.4) is 0 Å². The van der Waals surface area contributed by atoms with Gasteiger partial charge in [0.15, 0.2) is 11.5 Å². The Bertz CT molecular complexity index is 690. The minimum Gasteiger partial charge on any atom is -0.466 e. The Morgan fingerprint density at radius 2 is 1.95 bits per heavy atom. The third-order valence-corrected chi connectivity index (χ3v) is 3.53. The average molecular weight is 287 g/mol. The van der Waals surface area contributed by atoms with E-state index in [2.05, 4.69) is 5.32 Å². The van der Waals surface area contributed by atoms with Gasteiger partial charge in [-0.05, 0) is 44.5 Å². The summed E-state index contributed by atoms with van der Waals surface area (Å²) in [5.74, 6) is 2.66. The summed E-state index contributed by atoms with van der Waals surface area (Å²) in [6.45, 7) is 5.78. The van der Waals surface area contributed by atoms with Gasteiger partial charge in [0, 0.05) is 0 Å². The number of furan rings is 1. The minimum atomic E-state index is -0.144. The molecule has 2 heterocycles. The molecule has 1 unspecified atom stereocenters. The number of carbonyl (C=O) groups is 1. The lowest BCUT2D eigenvalue weighted by Gasteiger charge is -2.14. The van der Waals surface area contributed by atoms with Crippen molar-refractivity contribution < 1.29 is 18.7 Å². The van der Waals surface area contributed by atoms with Gasteiger partial charge < -0.3 is 19.2 Å². The Morgan fingerprint density at radius 1 is 1.19 bits per heavy atom. The molecule has 0 aliphatic carbocycles. The summed E-state index contributed by atoms with van der Waals surface area (Å²) >= 11 is 0. The molecule has 1 aliphatic heterocycles. The highest BCUT2D eigenvalue weighted by Gasteiger charge is 2.19. The molecule has 110 valence electrons. The molecule has 1 amide bonds. The number of benzene rings is 1. The van der Waals surface area contributed by atoms with Gasteiger partial charge >= 0.3 is 0 Å². The molecule has 2 aromatic rings. The Hall–Kier alpha value is -2.43. The summed E-state index contributed by atoms with van der Waals surface area (Å²) in [6.07, 6.45) is 0. The van der Waals surface area contributed by atoms with Gasteiger partial charge in [-0.25, -0.2) is 0 Å². The Labute approximate surface area is 122 Å². The molecule has 1 atom stereocenters. The lowest BCUT2D eigenvalue weighted by Crippen LogP contribution is -2.26. The second-order valence-electron chi connectivity index (χ2n) is 5.13. The number of aryl methyl sites for hydroxylation is 2. The third kappa shape index (κ3) is 2.59. The van der Waals surface area contributed by atoms with E-state index in [1.807, 2.05) is 32.0 Å². The number of amides is 1.